The topological polar surface area (TPSA) is 9.23 Å². The second-order valence-corrected chi connectivity index (χ2v) is 3.34. The van der Waals surface area contributed by atoms with Crippen LogP contribution in [0.1, 0.15) is 26.7 Å². The number of hydrogen-bond acceptors (Lipinski definition) is 1. The molecular formula is C10H16O. The van der Waals surface area contributed by atoms with Crippen LogP contribution in [0.3, 0.4) is 0 Å². The molecule has 0 bridgehead atoms. The molecular weight excluding hydrogens is 136 g/mol. The Morgan fingerprint density at radius 2 is 2.36 bits per heavy atom. The predicted octanol–water partition coefficient (Wildman–Crippen LogP) is 2.53. The van der Waals surface area contributed by atoms with Crippen LogP contribution in [-0.4, -0.2) is 12.7 Å². The molecule has 0 aromatic heterocycles. The maximum atomic E-state index is 5.60. The lowest BCUT2D eigenvalue weighted by Gasteiger charge is -2.27. The van der Waals surface area contributed by atoms with Crippen LogP contribution in [0.5, 0.6) is 0 Å². The largest absolute Gasteiger partial charge is 0.373 e. The lowest BCUT2D eigenvalue weighted by atomic mass is 9.94. The first kappa shape index (κ1) is 8.58. The van der Waals surface area contributed by atoms with Crippen molar-refractivity contribution >= 4 is 0 Å². The SMILES string of the molecule is C=C=C1CCCOC1C(C)C. The van der Waals surface area contributed by atoms with Crippen molar-refractivity contribution < 1.29 is 4.74 Å². The highest BCUT2D eigenvalue weighted by atomic mass is 16.5. The van der Waals surface area contributed by atoms with Gasteiger partial charge in [-0.05, 0) is 18.8 Å². The van der Waals surface area contributed by atoms with Crippen molar-refractivity contribution in [1.29, 1.82) is 0 Å². The van der Waals surface area contributed by atoms with Crippen molar-refractivity contribution in [3.8, 4) is 0 Å². The number of hydrogen-bond donors (Lipinski definition) is 0. The van der Waals surface area contributed by atoms with Gasteiger partial charge in [0.2, 0.25) is 0 Å². The van der Waals surface area contributed by atoms with Gasteiger partial charge in [0.05, 0.1) is 6.10 Å². The minimum absolute atomic E-state index is 0.279. The smallest absolute Gasteiger partial charge is 0.0881 e. The van der Waals surface area contributed by atoms with E-state index < -0.39 is 0 Å². The molecule has 0 saturated carbocycles. The Balaban J connectivity index is 2.67. The van der Waals surface area contributed by atoms with Crippen LogP contribution in [0, 0.1) is 5.92 Å². The minimum Gasteiger partial charge on any atom is -0.373 e. The Kier molecular flexibility index (Phi) is 2.92. The molecule has 11 heavy (non-hydrogen) atoms. The van der Waals surface area contributed by atoms with Gasteiger partial charge >= 0.3 is 0 Å². The molecule has 1 saturated heterocycles. The summed E-state index contributed by atoms with van der Waals surface area (Å²) >= 11 is 0. The maximum Gasteiger partial charge on any atom is 0.0881 e. The van der Waals surface area contributed by atoms with Gasteiger partial charge in [-0.25, -0.2) is 0 Å². The predicted molar refractivity (Wildman–Crippen MR) is 46.5 cm³/mol. The van der Waals surface area contributed by atoms with Crippen molar-refractivity contribution in [2.24, 2.45) is 5.92 Å². The van der Waals surface area contributed by atoms with E-state index in [1.807, 2.05) is 0 Å². The maximum absolute atomic E-state index is 5.60. The van der Waals surface area contributed by atoms with E-state index in [0.717, 1.165) is 19.4 Å². The van der Waals surface area contributed by atoms with Crippen molar-refractivity contribution in [3.63, 3.8) is 0 Å². The summed E-state index contributed by atoms with van der Waals surface area (Å²) in [6.07, 6.45) is 2.52. The van der Waals surface area contributed by atoms with Gasteiger partial charge in [-0.1, -0.05) is 20.4 Å². The van der Waals surface area contributed by atoms with Crippen LogP contribution in [0.15, 0.2) is 17.9 Å². The van der Waals surface area contributed by atoms with Crippen LogP contribution in [0.4, 0.5) is 0 Å². The fourth-order valence-corrected chi connectivity index (χ4v) is 1.50. The molecule has 1 heteroatoms. The fraction of sp³-hybridized carbons (Fsp3) is 0.700. The first-order valence-corrected chi connectivity index (χ1v) is 4.26. The van der Waals surface area contributed by atoms with Gasteiger partial charge in [-0.2, -0.15) is 0 Å². The molecule has 1 unspecified atom stereocenters. The van der Waals surface area contributed by atoms with E-state index >= 15 is 0 Å². The standard InChI is InChI=1S/C10H16O/c1-4-9-6-5-7-11-10(9)8(2)3/h8,10H,1,5-7H2,2-3H3. The third-order valence-corrected chi connectivity index (χ3v) is 2.06. The van der Waals surface area contributed by atoms with Crippen LogP contribution < -0.4 is 0 Å². The first-order valence-electron chi connectivity index (χ1n) is 4.26. The summed E-state index contributed by atoms with van der Waals surface area (Å²) in [5.41, 5.74) is 4.23. The zero-order valence-electron chi connectivity index (χ0n) is 7.39. The quantitative estimate of drug-likeness (QED) is 0.525. The highest BCUT2D eigenvalue weighted by Crippen LogP contribution is 2.24. The number of ether oxygens (including phenoxy) is 1. The van der Waals surface area contributed by atoms with Gasteiger partial charge in [-0.15, -0.1) is 5.73 Å². The van der Waals surface area contributed by atoms with E-state index in [0.29, 0.717) is 5.92 Å². The minimum atomic E-state index is 0.279. The summed E-state index contributed by atoms with van der Waals surface area (Å²) in [6.45, 7) is 8.92. The van der Waals surface area contributed by atoms with Crippen LogP contribution in [-0.2, 0) is 4.74 Å². The molecule has 0 spiro atoms. The molecule has 0 N–H and O–H groups in total. The van der Waals surface area contributed by atoms with Crippen molar-refractivity contribution in [2.75, 3.05) is 6.61 Å². The van der Waals surface area contributed by atoms with E-state index in [9.17, 15) is 0 Å². The first-order chi connectivity index (χ1) is 5.25. The summed E-state index contributed by atoms with van der Waals surface area (Å²) in [6, 6.07) is 0. The van der Waals surface area contributed by atoms with Gasteiger partial charge < -0.3 is 4.74 Å². The summed E-state index contributed by atoms with van der Waals surface area (Å²) in [7, 11) is 0. The lowest BCUT2D eigenvalue weighted by molar-refractivity contribution is 0.0248. The van der Waals surface area contributed by atoms with Gasteiger partial charge in [0.15, 0.2) is 0 Å². The summed E-state index contributed by atoms with van der Waals surface area (Å²) in [5, 5.41) is 0. The summed E-state index contributed by atoms with van der Waals surface area (Å²) < 4.78 is 5.60. The Hall–Kier alpha value is -0.520. The molecule has 1 nitrogen and oxygen atoms in total. The monoisotopic (exact) mass is 152 g/mol. The van der Waals surface area contributed by atoms with Gasteiger partial charge in [-0.3, -0.25) is 0 Å². The third kappa shape index (κ3) is 1.95. The highest BCUT2D eigenvalue weighted by Gasteiger charge is 2.21. The molecule has 0 amide bonds. The Morgan fingerprint density at radius 3 is 2.82 bits per heavy atom. The molecule has 0 radical (unpaired) electrons. The molecule has 1 fully saturated rings. The van der Waals surface area contributed by atoms with Crippen molar-refractivity contribution in [3.05, 3.63) is 17.9 Å². The molecule has 62 valence electrons. The Bertz CT molecular complexity index is 175. The molecule has 1 aliphatic rings. The molecule has 0 aromatic rings. The van der Waals surface area contributed by atoms with Crippen LogP contribution in [0.25, 0.3) is 0 Å². The normalized spacial score (nSPS) is 25.4. The summed E-state index contributed by atoms with van der Waals surface area (Å²) in [5.74, 6) is 0.555. The zero-order valence-corrected chi connectivity index (χ0v) is 7.39. The van der Waals surface area contributed by atoms with Crippen molar-refractivity contribution in [1.82, 2.24) is 0 Å². The zero-order chi connectivity index (χ0) is 8.27. The Labute approximate surface area is 68.8 Å². The summed E-state index contributed by atoms with van der Waals surface area (Å²) in [4.78, 5) is 0. The highest BCUT2D eigenvalue weighted by molar-refractivity contribution is 5.09. The van der Waals surface area contributed by atoms with E-state index in [4.69, 9.17) is 4.74 Å². The molecule has 1 heterocycles. The Morgan fingerprint density at radius 1 is 1.64 bits per heavy atom. The van der Waals surface area contributed by atoms with Crippen molar-refractivity contribution in [2.45, 2.75) is 32.8 Å². The average Bonchev–Trinajstić information content (AvgIpc) is 2.04. The van der Waals surface area contributed by atoms with Crippen LogP contribution >= 0.6 is 0 Å². The van der Waals surface area contributed by atoms with E-state index in [1.54, 1.807) is 0 Å². The average molecular weight is 152 g/mol. The molecule has 1 rings (SSSR count). The molecule has 1 atom stereocenters. The van der Waals surface area contributed by atoms with Gasteiger partial charge in [0, 0.05) is 12.2 Å². The second kappa shape index (κ2) is 3.75. The van der Waals surface area contributed by atoms with E-state index in [-0.39, 0.29) is 6.10 Å². The molecule has 1 aliphatic heterocycles. The third-order valence-electron chi connectivity index (χ3n) is 2.06. The second-order valence-electron chi connectivity index (χ2n) is 3.34. The van der Waals surface area contributed by atoms with E-state index in [1.165, 1.54) is 5.57 Å². The van der Waals surface area contributed by atoms with E-state index in [2.05, 4.69) is 26.2 Å². The fourth-order valence-electron chi connectivity index (χ4n) is 1.50. The number of rotatable bonds is 1. The molecule has 0 aliphatic carbocycles. The van der Waals surface area contributed by atoms with Crippen LogP contribution in [0.2, 0.25) is 0 Å². The van der Waals surface area contributed by atoms with Gasteiger partial charge in [0.25, 0.3) is 0 Å². The molecule has 0 aromatic carbocycles. The lowest BCUT2D eigenvalue weighted by Crippen LogP contribution is -2.26. The van der Waals surface area contributed by atoms with Gasteiger partial charge in [0.1, 0.15) is 0 Å².